The number of hydrogen-bond acceptors (Lipinski definition) is 7. The average Bonchev–Trinajstić information content (AvgIpc) is 2.98. The number of fused-ring (bicyclic) bond motifs is 1. The van der Waals surface area contributed by atoms with Crippen molar-refractivity contribution in [1.29, 1.82) is 0 Å². The molecule has 0 saturated heterocycles. The van der Waals surface area contributed by atoms with Crippen LogP contribution in [0.5, 0.6) is 5.75 Å². The van der Waals surface area contributed by atoms with E-state index in [4.69, 9.17) is 4.74 Å². The van der Waals surface area contributed by atoms with Gasteiger partial charge >= 0.3 is 0 Å². The Bertz CT molecular complexity index is 1030. The molecule has 1 aromatic carbocycles. The van der Waals surface area contributed by atoms with Crippen LogP contribution in [0.4, 0.5) is 10.8 Å². The molecule has 0 atom stereocenters. The summed E-state index contributed by atoms with van der Waals surface area (Å²) in [5.41, 5.74) is -0.151. The number of amides is 1. The first-order valence-electron chi connectivity index (χ1n) is 7.06. The highest BCUT2D eigenvalue weighted by Gasteiger charge is 2.13. The molecule has 0 fully saturated rings. The Hall–Kier alpha value is -3.27. The third kappa shape index (κ3) is 3.48. The Labute approximate surface area is 144 Å². The van der Waals surface area contributed by atoms with Crippen LogP contribution in [-0.4, -0.2) is 27.5 Å². The second-order valence-electron chi connectivity index (χ2n) is 4.98. The molecule has 2 aromatic heterocycles. The number of carbonyl (C=O) groups excluding carboxylic acids is 1. The molecular weight excluding hydrogens is 348 g/mol. The van der Waals surface area contributed by atoms with Gasteiger partial charge in [-0.25, -0.2) is 4.98 Å². The van der Waals surface area contributed by atoms with Crippen LogP contribution in [0.1, 0.15) is 0 Å². The second-order valence-corrected chi connectivity index (χ2v) is 6.02. The molecule has 0 aliphatic heterocycles. The van der Waals surface area contributed by atoms with E-state index in [1.165, 1.54) is 18.4 Å². The number of para-hydroxylation sites is 1. The SMILES string of the molecule is COc1cccc2sc(NC(=O)Cn3cc([N+](=O)[O-])ccc3=O)nc12. The van der Waals surface area contributed by atoms with Gasteiger partial charge in [-0.3, -0.25) is 24.3 Å². The molecule has 10 heteroatoms. The number of anilines is 1. The van der Waals surface area contributed by atoms with Crippen LogP contribution in [-0.2, 0) is 11.3 Å². The molecule has 128 valence electrons. The third-order valence-corrected chi connectivity index (χ3v) is 4.28. The summed E-state index contributed by atoms with van der Waals surface area (Å²) in [6.07, 6.45) is 1.03. The predicted molar refractivity (Wildman–Crippen MR) is 92.2 cm³/mol. The normalized spacial score (nSPS) is 10.6. The zero-order chi connectivity index (χ0) is 18.0. The smallest absolute Gasteiger partial charge is 0.285 e. The van der Waals surface area contributed by atoms with Gasteiger partial charge in [0.15, 0.2) is 5.13 Å². The van der Waals surface area contributed by atoms with Crippen molar-refractivity contribution >= 4 is 38.3 Å². The molecule has 3 aromatic rings. The topological polar surface area (TPSA) is 116 Å². The monoisotopic (exact) mass is 360 g/mol. The van der Waals surface area contributed by atoms with Crippen molar-refractivity contribution in [1.82, 2.24) is 9.55 Å². The molecule has 1 N–H and O–H groups in total. The molecule has 0 saturated carbocycles. The van der Waals surface area contributed by atoms with E-state index in [1.54, 1.807) is 6.07 Å². The maximum absolute atomic E-state index is 12.1. The number of methoxy groups -OCH3 is 1. The lowest BCUT2D eigenvalue weighted by Gasteiger charge is -2.04. The fourth-order valence-electron chi connectivity index (χ4n) is 2.21. The number of pyridine rings is 1. The van der Waals surface area contributed by atoms with Gasteiger partial charge in [-0.2, -0.15) is 0 Å². The molecule has 0 aliphatic carbocycles. The molecule has 1 amide bonds. The van der Waals surface area contributed by atoms with Gasteiger partial charge < -0.3 is 10.1 Å². The number of aromatic nitrogens is 2. The van der Waals surface area contributed by atoms with Crippen molar-refractivity contribution < 1.29 is 14.5 Å². The highest BCUT2D eigenvalue weighted by Crippen LogP contribution is 2.31. The number of rotatable bonds is 5. The van der Waals surface area contributed by atoms with Gasteiger partial charge in [0.1, 0.15) is 17.8 Å². The van der Waals surface area contributed by atoms with Gasteiger partial charge in [-0.1, -0.05) is 17.4 Å². The fraction of sp³-hybridized carbons (Fsp3) is 0.133. The summed E-state index contributed by atoms with van der Waals surface area (Å²) >= 11 is 1.26. The van der Waals surface area contributed by atoms with Crippen molar-refractivity contribution in [3.05, 3.63) is 57.0 Å². The van der Waals surface area contributed by atoms with Crippen molar-refractivity contribution in [2.24, 2.45) is 0 Å². The molecule has 0 radical (unpaired) electrons. The van der Waals surface area contributed by atoms with Gasteiger partial charge in [-0.05, 0) is 12.1 Å². The number of hydrogen-bond donors (Lipinski definition) is 1. The predicted octanol–water partition coefficient (Wildman–Crippen LogP) is 2.01. The van der Waals surface area contributed by atoms with E-state index in [0.717, 1.165) is 27.6 Å². The van der Waals surface area contributed by atoms with Crippen molar-refractivity contribution in [2.75, 3.05) is 12.4 Å². The van der Waals surface area contributed by atoms with Crippen molar-refractivity contribution in [3.63, 3.8) is 0 Å². The standard InChI is InChI=1S/C15H12N4O5S/c1-24-10-3-2-4-11-14(10)17-15(25-11)16-12(20)8-18-7-9(19(22)23)5-6-13(18)21/h2-7H,8H2,1H3,(H,16,17,20). The van der Waals surface area contributed by atoms with E-state index in [2.05, 4.69) is 10.3 Å². The van der Waals surface area contributed by atoms with E-state index in [1.807, 2.05) is 12.1 Å². The Morgan fingerprint density at radius 2 is 2.20 bits per heavy atom. The Morgan fingerprint density at radius 3 is 2.92 bits per heavy atom. The first kappa shape index (κ1) is 16.6. The molecule has 0 aliphatic rings. The zero-order valence-corrected chi connectivity index (χ0v) is 13.8. The molecule has 0 bridgehead atoms. The van der Waals surface area contributed by atoms with Gasteiger partial charge in [0.2, 0.25) is 5.91 Å². The Morgan fingerprint density at radius 1 is 1.40 bits per heavy atom. The van der Waals surface area contributed by atoms with Crippen LogP contribution < -0.4 is 15.6 Å². The van der Waals surface area contributed by atoms with Crippen molar-refractivity contribution in [3.8, 4) is 5.75 Å². The van der Waals surface area contributed by atoms with E-state index < -0.39 is 16.4 Å². The highest BCUT2D eigenvalue weighted by atomic mass is 32.1. The van der Waals surface area contributed by atoms with Crippen LogP contribution >= 0.6 is 11.3 Å². The Balaban J connectivity index is 1.80. The number of nitrogens with one attached hydrogen (secondary N) is 1. The maximum atomic E-state index is 12.1. The van der Waals surface area contributed by atoms with E-state index >= 15 is 0 Å². The number of thiazole rings is 1. The van der Waals surface area contributed by atoms with E-state index in [-0.39, 0.29) is 12.2 Å². The minimum atomic E-state index is -0.631. The second kappa shape index (κ2) is 6.69. The van der Waals surface area contributed by atoms with Crippen molar-refractivity contribution in [2.45, 2.75) is 6.54 Å². The number of benzene rings is 1. The first-order chi connectivity index (χ1) is 12.0. The lowest BCUT2D eigenvalue weighted by Crippen LogP contribution is -2.26. The van der Waals surface area contributed by atoms with Crippen LogP contribution in [0.2, 0.25) is 0 Å². The molecule has 2 heterocycles. The number of ether oxygens (including phenoxy) is 1. The van der Waals surface area contributed by atoms with E-state index in [9.17, 15) is 19.7 Å². The van der Waals surface area contributed by atoms with Crippen LogP contribution in [0, 0.1) is 10.1 Å². The van der Waals surface area contributed by atoms with E-state index in [0.29, 0.717) is 16.4 Å². The van der Waals surface area contributed by atoms with Gasteiger partial charge in [0.25, 0.3) is 11.2 Å². The van der Waals surface area contributed by atoms with Gasteiger partial charge in [-0.15, -0.1) is 0 Å². The number of nitro groups is 1. The maximum Gasteiger partial charge on any atom is 0.285 e. The number of nitrogens with zero attached hydrogens (tertiary/aromatic N) is 3. The third-order valence-electron chi connectivity index (χ3n) is 3.34. The van der Waals surface area contributed by atoms with Crippen LogP contribution in [0.3, 0.4) is 0 Å². The molecule has 3 rings (SSSR count). The molecule has 25 heavy (non-hydrogen) atoms. The number of carbonyl (C=O) groups is 1. The van der Waals surface area contributed by atoms with Gasteiger partial charge in [0.05, 0.1) is 22.9 Å². The summed E-state index contributed by atoms with van der Waals surface area (Å²) in [4.78, 5) is 38.3. The molecular formula is C15H12N4O5S. The zero-order valence-electron chi connectivity index (χ0n) is 13.0. The minimum Gasteiger partial charge on any atom is -0.494 e. The molecule has 0 spiro atoms. The summed E-state index contributed by atoms with van der Waals surface area (Å²) in [5, 5.41) is 13.7. The highest BCUT2D eigenvalue weighted by molar-refractivity contribution is 7.22. The van der Waals surface area contributed by atoms with Gasteiger partial charge in [0, 0.05) is 12.1 Å². The van der Waals surface area contributed by atoms with Crippen LogP contribution in [0.25, 0.3) is 10.2 Å². The lowest BCUT2D eigenvalue weighted by atomic mass is 10.3. The summed E-state index contributed by atoms with van der Waals surface area (Å²) in [6, 6.07) is 7.56. The largest absolute Gasteiger partial charge is 0.494 e. The Kier molecular flexibility index (Phi) is 4.44. The first-order valence-corrected chi connectivity index (χ1v) is 7.88. The minimum absolute atomic E-state index is 0.267. The lowest BCUT2D eigenvalue weighted by molar-refractivity contribution is -0.385. The molecule has 0 unspecified atom stereocenters. The van der Waals surface area contributed by atoms with Crippen LogP contribution in [0.15, 0.2) is 41.3 Å². The quantitative estimate of drug-likeness (QED) is 0.549. The summed E-state index contributed by atoms with van der Waals surface area (Å²) in [6.45, 7) is -0.354. The summed E-state index contributed by atoms with van der Waals surface area (Å²) in [7, 11) is 1.53. The average molecular weight is 360 g/mol. The summed E-state index contributed by atoms with van der Waals surface area (Å²) < 4.78 is 7.02. The summed E-state index contributed by atoms with van der Waals surface area (Å²) in [5.74, 6) is 0.0739. The molecule has 9 nitrogen and oxygen atoms in total. The fourth-order valence-corrected chi connectivity index (χ4v) is 3.10.